The number of fused-ring (bicyclic) bond motifs is 1. The molecule has 1 aliphatic rings. The maximum Gasteiger partial charge on any atom is 0.255 e. The zero-order valence-electron chi connectivity index (χ0n) is 15.5. The van der Waals surface area contributed by atoms with Crippen molar-refractivity contribution in [3.05, 3.63) is 95.3 Å². The van der Waals surface area contributed by atoms with E-state index in [2.05, 4.69) is 5.32 Å². The molecule has 3 aromatic rings. The normalized spacial score (nSPS) is 14.2. The van der Waals surface area contributed by atoms with E-state index in [1.54, 1.807) is 0 Å². The van der Waals surface area contributed by atoms with Gasteiger partial charge >= 0.3 is 0 Å². The second-order valence-electron chi connectivity index (χ2n) is 6.84. The number of anilines is 1. The first-order valence-electron chi connectivity index (χ1n) is 9.17. The lowest BCUT2D eigenvalue weighted by molar-refractivity contribution is 0.102. The highest BCUT2D eigenvalue weighted by Crippen LogP contribution is 2.25. The highest BCUT2D eigenvalue weighted by molar-refractivity contribution is 7.89. The average Bonchev–Trinajstić information content (AvgIpc) is 2.75. The largest absolute Gasteiger partial charge is 0.322 e. The molecular formula is C22H19FN2O3S. The van der Waals surface area contributed by atoms with Gasteiger partial charge in [0.25, 0.3) is 5.91 Å². The molecule has 1 heterocycles. The van der Waals surface area contributed by atoms with Gasteiger partial charge in [0.1, 0.15) is 5.82 Å². The molecule has 0 spiro atoms. The standard InChI is InChI=1S/C22H19FN2O3S/c23-19-7-9-20(10-8-19)24-22(26)17-5-11-21(12-6-17)29(27,28)25-14-13-16-3-1-2-4-18(16)15-25/h1-12H,13-15H2,(H,24,26). The van der Waals surface area contributed by atoms with E-state index in [4.69, 9.17) is 0 Å². The summed E-state index contributed by atoms with van der Waals surface area (Å²) in [5.74, 6) is -0.787. The molecular weight excluding hydrogens is 391 g/mol. The van der Waals surface area contributed by atoms with Crippen molar-refractivity contribution in [3.8, 4) is 0 Å². The third-order valence-corrected chi connectivity index (χ3v) is 6.81. The minimum absolute atomic E-state index is 0.148. The van der Waals surface area contributed by atoms with Crippen LogP contribution in [-0.2, 0) is 23.0 Å². The van der Waals surface area contributed by atoms with Gasteiger partial charge in [-0.05, 0) is 66.1 Å². The molecule has 148 valence electrons. The number of nitrogens with one attached hydrogen (secondary N) is 1. The van der Waals surface area contributed by atoms with E-state index in [0.717, 1.165) is 5.56 Å². The molecule has 4 rings (SSSR count). The Morgan fingerprint density at radius 2 is 1.55 bits per heavy atom. The van der Waals surface area contributed by atoms with E-state index in [0.29, 0.717) is 30.8 Å². The lowest BCUT2D eigenvalue weighted by Gasteiger charge is -2.28. The van der Waals surface area contributed by atoms with E-state index < -0.39 is 21.7 Å². The van der Waals surface area contributed by atoms with Crippen LogP contribution in [0, 0.1) is 5.82 Å². The Kier molecular flexibility index (Phi) is 5.17. The Hall–Kier alpha value is -3.03. The summed E-state index contributed by atoms with van der Waals surface area (Å²) in [5.41, 5.74) is 2.96. The molecule has 0 radical (unpaired) electrons. The Labute approximate surface area is 168 Å². The second-order valence-corrected chi connectivity index (χ2v) is 8.78. The maximum atomic E-state index is 13.0. The topological polar surface area (TPSA) is 66.5 Å². The number of hydrogen-bond donors (Lipinski definition) is 1. The number of sulfonamides is 1. The lowest BCUT2D eigenvalue weighted by atomic mass is 10.0. The molecule has 7 heteroatoms. The summed E-state index contributed by atoms with van der Waals surface area (Å²) in [4.78, 5) is 12.5. The van der Waals surface area contributed by atoms with Crippen LogP contribution in [-0.4, -0.2) is 25.2 Å². The summed E-state index contributed by atoms with van der Waals surface area (Å²) < 4.78 is 40.4. The van der Waals surface area contributed by atoms with Crippen molar-refractivity contribution in [2.75, 3.05) is 11.9 Å². The van der Waals surface area contributed by atoms with Gasteiger partial charge in [-0.2, -0.15) is 4.31 Å². The van der Waals surface area contributed by atoms with Crippen molar-refractivity contribution >= 4 is 21.6 Å². The monoisotopic (exact) mass is 410 g/mol. The Bertz CT molecular complexity index is 1140. The third-order valence-electron chi connectivity index (χ3n) is 4.95. The van der Waals surface area contributed by atoms with Crippen LogP contribution in [0.2, 0.25) is 0 Å². The first-order valence-corrected chi connectivity index (χ1v) is 10.6. The van der Waals surface area contributed by atoms with Gasteiger partial charge in [-0.1, -0.05) is 24.3 Å². The Morgan fingerprint density at radius 1 is 0.897 bits per heavy atom. The van der Waals surface area contributed by atoms with Crippen molar-refractivity contribution in [2.45, 2.75) is 17.9 Å². The molecule has 0 saturated carbocycles. The minimum Gasteiger partial charge on any atom is -0.322 e. The molecule has 1 N–H and O–H groups in total. The quantitative estimate of drug-likeness (QED) is 0.711. The molecule has 29 heavy (non-hydrogen) atoms. The Balaban J connectivity index is 1.49. The average molecular weight is 410 g/mol. The number of carbonyl (C=O) groups is 1. The van der Waals surface area contributed by atoms with Gasteiger partial charge in [0.15, 0.2) is 0 Å². The van der Waals surface area contributed by atoms with Crippen LogP contribution in [0.5, 0.6) is 0 Å². The molecule has 5 nitrogen and oxygen atoms in total. The highest BCUT2D eigenvalue weighted by atomic mass is 32.2. The van der Waals surface area contributed by atoms with Crippen molar-refractivity contribution in [1.29, 1.82) is 0 Å². The first-order chi connectivity index (χ1) is 13.9. The zero-order chi connectivity index (χ0) is 20.4. The van der Waals surface area contributed by atoms with E-state index >= 15 is 0 Å². The molecule has 1 aliphatic heterocycles. The zero-order valence-corrected chi connectivity index (χ0v) is 16.3. The number of halogens is 1. The van der Waals surface area contributed by atoms with E-state index in [-0.39, 0.29) is 4.90 Å². The molecule has 0 bridgehead atoms. The van der Waals surface area contributed by atoms with Crippen LogP contribution in [0.1, 0.15) is 21.5 Å². The molecule has 0 fully saturated rings. The summed E-state index contributed by atoms with van der Waals surface area (Å²) in [5, 5.41) is 2.65. The predicted octanol–water partition coefficient (Wildman–Crippen LogP) is 3.83. The van der Waals surface area contributed by atoms with Crippen molar-refractivity contribution < 1.29 is 17.6 Å². The van der Waals surface area contributed by atoms with Crippen molar-refractivity contribution in [2.24, 2.45) is 0 Å². The van der Waals surface area contributed by atoms with Crippen LogP contribution < -0.4 is 5.32 Å². The summed E-state index contributed by atoms with van der Waals surface area (Å²) in [6.07, 6.45) is 0.674. The van der Waals surface area contributed by atoms with Gasteiger partial charge in [0.2, 0.25) is 10.0 Å². The molecule has 0 aliphatic carbocycles. The van der Waals surface area contributed by atoms with Crippen LogP contribution >= 0.6 is 0 Å². The molecule has 3 aromatic carbocycles. The van der Waals surface area contributed by atoms with Gasteiger partial charge in [-0.15, -0.1) is 0 Å². The number of nitrogens with zero attached hydrogens (tertiary/aromatic N) is 1. The number of rotatable bonds is 4. The minimum atomic E-state index is -3.65. The van der Waals surface area contributed by atoms with Gasteiger partial charge in [0.05, 0.1) is 4.90 Å². The number of benzene rings is 3. The van der Waals surface area contributed by atoms with Crippen LogP contribution in [0.15, 0.2) is 77.7 Å². The van der Waals surface area contributed by atoms with Crippen LogP contribution in [0.3, 0.4) is 0 Å². The molecule has 0 aromatic heterocycles. The summed E-state index contributed by atoms with van der Waals surface area (Å²) >= 11 is 0. The summed E-state index contributed by atoms with van der Waals surface area (Å²) in [6.45, 7) is 0.761. The summed E-state index contributed by atoms with van der Waals surface area (Å²) in [6, 6.07) is 19.1. The lowest BCUT2D eigenvalue weighted by Crippen LogP contribution is -2.35. The van der Waals surface area contributed by atoms with E-state index in [1.807, 2.05) is 24.3 Å². The molecule has 0 saturated heterocycles. The van der Waals surface area contributed by atoms with Gasteiger partial charge in [0, 0.05) is 24.3 Å². The maximum absolute atomic E-state index is 13.0. The molecule has 0 unspecified atom stereocenters. The van der Waals surface area contributed by atoms with Gasteiger partial charge < -0.3 is 5.32 Å². The van der Waals surface area contributed by atoms with Gasteiger partial charge in [-0.3, -0.25) is 4.79 Å². The fourth-order valence-corrected chi connectivity index (χ4v) is 4.76. The second kappa shape index (κ2) is 7.77. The van der Waals surface area contributed by atoms with Gasteiger partial charge in [-0.25, -0.2) is 12.8 Å². The fraction of sp³-hybridized carbons (Fsp3) is 0.136. The van der Waals surface area contributed by atoms with E-state index in [1.165, 1.54) is 58.4 Å². The highest BCUT2D eigenvalue weighted by Gasteiger charge is 2.28. The number of hydrogen-bond acceptors (Lipinski definition) is 3. The molecule has 1 amide bonds. The number of amides is 1. The first kappa shape index (κ1) is 19.3. The smallest absolute Gasteiger partial charge is 0.255 e. The third kappa shape index (κ3) is 4.06. The Morgan fingerprint density at radius 3 is 2.24 bits per heavy atom. The van der Waals surface area contributed by atoms with Crippen molar-refractivity contribution in [3.63, 3.8) is 0 Å². The van der Waals surface area contributed by atoms with E-state index in [9.17, 15) is 17.6 Å². The van der Waals surface area contributed by atoms with Crippen molar-refractivity contribution in [1.82, 2.24) is 4.31 Å². The van der Waals surface area contributed by atoms with Crippen LogP contribution in [0.4, 0.5) is 10.1 Å². The number of carbonyl (C=O) groups excluding carboxylic acids is 1. The van der Waals surface area contributed by atoms with Crippen LogP contribution in [0.25, 0.3) is 0 Å². The molecule has 0 atom stereocenters. The summed E-state index contributed by atoms with van der Waals surface area (Å²) in [7, 11) is -3.65. The SMILES string of the molecule is O=C(Nc1ccc(F)cc1)c1ccc(S(=O)(=O)N2CCc3ccccc3C2)cc1. The fourth-order valence-electron chi connectivity index (χ4n) is 3.34. The predicted molar refractivity (Wildman–Crippen MR) is 109 cm³/mol.